The minimum atomic E-state index is -0.438. The van der Waals surface area contributed by atoms with Crippen molar-refractivity contribution in [1.82, 2.24) is 9.80 Å². The van der Waals surface area contributed by atoms with Crippen LogP contribution in [-0.4, -0.2) is 60.0 Å². The maximum absolute atomic E-state index is 12.6. The molecule has 1 amide bonds. The highest BCUT2D eigenvalue weighted by Crippen LogP contribution is 2.19. The van der Waals surface area contributed by atoms with E-state index in [1.807, 2.05) is 18.7 Å². The smallest absolute Gasteiger partial charge is 0.273 e. The Labute approximate surface area is 157 Å². The summed E-state index contributed by atoms with van der Waals surface area (Å²) in [5.41, 5.74) is 0.652. The van der Waals surface area contributed by atoms with E-state index in [-0.39, 0.29) is 11.6 Å². The Morgan fingerprint density at radius 2 is 1.96 bits per heavy atom. The number of carbonyl (C=O) groups excluding carboxylic acids is 1. The fourth-order valence-electron chi connectivity index (χ4n) is 3.17. The molecule has 0 saturated carbocycles. The lowest BCUT2D eigenvalue weighted by molar-refractivity contribution is -0.384. The molecule has 0 aliphatic carbocycles. The number of nitro groups is 1. The fourth-order valence-corrected chi connectivity index (χ4v) is 3.17. The Balaban J connectivity index is 1.44. The van der Waals surface area contributed by atoms with Crippen LogP contribution in [0.4, 0.5) is 5.69 Å². The molecule has 27 heavy (non-hydrogen) atoms. The van der Waals surface area contributed by atoms with Gasteiger partial charge in [-0.3, -0.25) is 19.8 Å². The van der Waals surface area contributed by atoms with Crippen LogP contribution in [0.25, 0.3) is 0 Å². The van der Waals surface area contributed by atoms with Crippen molar-refractivity contribution in [2.45, 2.75) is 13.8 Å². The highest BCUT2D eigenvalue weighted by Gasteiger charge is 2.24. The van der Waals surface area contributed by atoms with Crippen LogP contribution < -0.4 is 4.74 Å². The van der Waals surface area contributed by atoms with Crippen LogP contribution in [0.15, 0.2) is 34.7 Å². The zero-order valence-electron chi connectivity index (χ0n) is 15.5. The first-order valence-electron chi connectivity index (χ1n) is 8.90. The molecule has 0 bridgehead atoms. The zero-order valence-corrected chi connectivity index (χ0v) is 15.5. The zero-order chi connectivity index (χ0) is 19.4. The summed E-state index contributed by atoms with van der Waals surface area (Å²) >= 11 is 0. The van der Waals surface area contributed by atoms with Gasteiger partial charge < -0.3 is 14.1 Å². The van der Waals surface area contributed by atoms with Gasteiger partial charge >= 0.3 is 0 Å². The van der Waals surface area contributed by atoms with Crippen molar-refractivity contribution in [3.8, 4) is 5.75 Å². The lowest BCUT2D eigenvalue weighted by Crippen LogP contribution is -2.49. The molecule has 1 fully saturated rings. The molecule has 3 rings (SSSR count). The highest BCUT2D eigenvalue weighted by atomic mass is 16.6. The first-order chi connectivity index (χ1) is 12.9. The highest BCUT2D eigenvalue weighted by molar-refractivity contribution is 5.95. The predicted octanol–water partition coefficient (Wildman–Crippen LogP) is 2.64. The van der Waals surface area contributed by atoms with Gasteiger partial charge in [0.25, 0.3) is 11.6 Å². The number of amides is 1. The number of piperazine rings is 1. The number of hydrogen-bond donors (Lipinski definition) is 0. The van der Waals surface area contributed by atoms with Gasteiger partial charge in [-0.1, -0.05) is 6.07 Å². The number of furan rings is 1. The van der Waals surface area contributed by atoms with Gasteiger partial charge in [-0.05, 0) is 26.0 Å². The molecule has 2 heterocycles. The van der Waals surface area contributed by atoms with Crippen molar-refractivity contribution in [2.24, 2.45) is 0 Å². The SMILES string of the molecule is Cc1cc(C(=O)N2CCN(CCOc3cccc([N+](=O)[O-])c3)CC2)c(C)o1. The number of ether oxygens (including phenoxy) is 1. The molecule has 1 aromatic carbocycles. The van der Waals surface area contributed by atoms with Crippen molar-refractivity contribution in [3.63, 3.8) is 0 Å². The first kappa shape index (κ1) is 18.9. The van der Waals surface area contributed by atoms with E-state index in [0.717, 1.165) is 18.8 Å². The molecular weight excluding hydrogens is 350 g/mol. The van der Waals surface area contributed by atoms with E-state index < -0.39 is 4.92 Å². The number of carbonyl (C=O) groups is 1. The molecule has 0 atom stereocenters. The maximum Gasteiger partial charge on any atom is 0.273 e. The molecule has 1 aliphatic heterocycles. The lowest BCUT2D eigenvalue weighted by Gasteiger charge is -2.34. The summed E-state index contributed by atoms with van der Waals surface area (Å²) in [6.45, 7) is 7.62. The topological polar surface area (TPSA) is 89.1 Å². The number of hydrogen-bond acceptors (Lipinski definition) is 6. The van der Waals surface area contributed by atoms with Crippen molar-refractivity contribution in [2.75, 3.05) is 39.3 Å². The van der Waals surface area contributed by atoms with E-state index in [1.165, 1.54) is 12.1 Å². The third-order valence-corrected chi connectivity index (χ3v) is 4.64. The Bertz CT molecular complexity index is 825. The van der Waals surface area contributed by atoms with Crippen LogP contribution in [0, 0.1) is 24.0 Å². The van der Waals surface area contributed by atoms with E-state index in [0.29, 0.717) is 43.3 Å². The van der Waals surface area contributed by atoms with Crippen LogP contribution >= 0.6 is 0 Å². The maximum atomic E-state index is 12.6. The molecule has 8 nitrogen and oxygen atoms in total. The predicted molar refractivity (Wildman–Crippen MR) is 99.1 cm³/mol. The van der Waals surface area contributed by atoms with Crippen LogP contribution in [0.5, 0.6) is 5.75 Å². The summed E-state index contributed by atoms with van der Waals surface area (Å²) in [7, 11) is 0. The third-order valence-electron chi connectivity index (χ3n) is 4.64. The minimum Gasteiger partial charge on any atom is -0.492 e. The quantitative estimate of drug-likeness (QED) is 0.571. The Kier molecular flexibility index (Phi) is 5.75. The van der Waals surface area contributed by atoms with Crippen LogP contribution in [-0.2, 0) is 0 Å². The van der Waals surface area contributed by atoms with Crippen molar-refractivity contribution in [1.29, 1.82) is 0 Å². The molecule has 8 heteroatoms. The molecule has 0 N–H and O–H groups in total. The van der Waals surface area contributed by atoms with Crippen molar-refractivity contribution >= 4 is 11.6 Å². The number of aryl methyl sites for hydroxylation is 2. The second kappa shape index (κ2) is 8.22. The first-order valence-corrected chi connectivity index (χ1v) is 8.90. The summed E-state index contributed by atoms with van der Waals surface area (Å²) in [6, 6.07) is 7.96. The van der Waals surface area contributed by atoms with Crippen LogP contribution in [0.3, 0.4) is 0 Å². The summed E-state index contributed by atoms with van der Waals surface area (Å²) < 4.78 is 11.1. The molecular formula is C19H23N3O5. The molecule has 1 aromatic heterocycles. The van der Waals surface area contributed by atoms with Crippen molar-refractivity contribution < 1.29 is 18.9 Å². The average Bonchev–Trinajstić information content (AvgIpc) is 3.00. The number of non-ortho nitro benzene ring substituents is 1. The van der Waals surface area contributed by atoms with Crippen molar-refractivity contribution in [3.05, 3.63) is 57.5 Å². The molecule has 2 aromatic rings. The molecule has 0 spiro atoms. The third kappa shape index (κ3) is 4.65. The van der Waals surface area contributed by atoms with E-state index in [2.05, 4.69) is 4.90 Å². The summed E-state index contributed by atoms with van der Waals surface area (Å²) in [5.74, 6) is 1.90. The van der Waals surface area contributed by atoms with Gasteiger partial charge in [0.1, 0.15) is 23.9 Å². The van der Waals surface area contributed by atoms with Gasteiger partial charge in [-0.25, -0.2) is 0 Å². The van der Waals surface area contributed by atoms with E-state index >= 15 is 0 Å². The number of benzene rings is 1. The Hall–Kier alpha value is -2.87. The monoisotopic (exact) mass is 373 g/mol. The Morgan fingerprint density at radius 1 is 1.22 bits per heavy atom. The normalized spacial score (nSPS) is 15.0. The average molecular weight is 373 g/mol. The number of nitro benzene ring substituents is 1. The van der Waals surface area contributed by atoms with Gasteiger partial charge in [0.2, 0.25) is 0 Å². The van der Waals surface area contributed by atoms with Crippen LogP contribution in [0.1, 0.15) is 21.9 Å². The molecule has 144 valence electrons. The number of nitrogens with zero attached hydrogens (tertiary/aromatic N) is 3. The largest absolute Gasteiger partial charge is 0.492 e. The van der Waals surface area contributed by atoms with Gasteiger partial charge in [-0.15, -0.1) is 0 Å². The fraction of sp³-hybridized carbons (Fsp3) is 0.421. The van der Waals surface area contributed by atoms with Crippen LogP contribution in [0.2, 0.25) is 0 Å². The van der Waals surface area contributed by atoms with Gasteiger partial charge in [0.15, 0.2) is 0 Å². The van der Waals surface area contributed by atoms with Gasteiger partial charge in [0, 0.05) is 38.8 Å². The standard InChI is InChI=1S/C19H23N3O5/c1-14-12-18(15(2)27-14)19(23)21-8-6-20(7-9-21)10-11-26-17-5-3-4-16(13-17)22(24)25/h3-5,12-13H,6-11H2,1-2H3. The van der Waals surface area contributed by atoms with E-state index in [9.17, 15) is 14.9 Å². The summed E-state index contributed by atoms with van der Waals surface area (Å²) in [4.78, 5) is 27.0. The number of rotatable bonds is 6. The molecule has 0 unspecified atom stereocenters. The molecule has 0 radical (unpaired) electrons. The van der Waals surface area contributed by atoms with E-state index in [4.69, 9.17) is 9.15 Å². The molecule has 1 saturated heterocycles. The second-order valence-electron chi connectivity index (χ2n) is 6.56. The Morgan fingerprint density at radius 3 is 2.59 bits per heavy atom. The summed E-state index contributed by atoms with van der Waals surface area (Å²) in [6.07, 6.45) is 0. The summed E-state index contributed by atoms with van der Waals surface area (Å²) in [5, 5.41) is 10.8. The van der Waals surface area contributed by atoms with E-state index in [1.54, 1.807) is 18.2 Å². The van der Waals surface area contributed by atoms with Gasteiger partial charge in [-0.2, -0.15) is 0 Å². The second-order valence-corrected chi connectivity index (χ2v) is 6.56. The lowest BCUT2D eigenvalue weighted by atomic mass is 10.2. The molecule has 1 aliphatic rings. The minimum absolute atomic E-state index is 0.0110. The van der Waals surface area contributed by atoms with Gasteiger partial charge in [0.05, 0.1) is 16.6 Å².